The summed E-state index contributed by atoms with van der Waals surface area (Å²) >= 11 is 5.84. The Kier molecular flexibility index (Phi) is 6.24. The summed E-state index contributed by atoms with van der Waals surface area (Å²) in [5.74, 6) is 0.246. The maximum absolute atomic E-state index is 12.9. The zero-order chi connectivity index (χ0) is 21.6. The number of benzene rings is 2. The van der Waals surface area contributed by atoms with E-state index in [0.717, 1.165) is 5.69 Å². The second-order valence-electron chi connectivity index (χ2n) is 6.80. The summed E-state index contributed by atoms with van der Waals surface area (Å²) in [5.41, 5.74) is 1.10. The quantitative estimate of drug-likeness (QED) is 0.482. The van der Waals surface area contributed by atoms with Gasteiger partial charge < -0.3 is 10.1 Å². The Morgan fingerprint density at radius 3 is 2.48 bits per heavy atom. The Balaban J connectivity index is 1.51. The van der Waals surface area contributed by atoms with Crippen molar-refractivity contribution >= 4 is 28.3 Å². The van der Waals surface area contributed by atoms with Crippen LogP contribution in [0.4, 0.5) is 0 Å². The second kappa shape index (κ2) is 9.40. The van der Waals surface area contributed by atoms with Crippen LogP contribution in [-0.2, 0) is 17.9 Å². The lowest BCUT2D eigenvalue weighted by atomic mass is 10.1. The average molecular weight is 435 g/mol. The van der Waals surface area contributed by atoms with Crippen molar-refractivity contribution in [3.63, 3.8) is 0 Å². The molecule has 2 aromatic carbocycles. The zero-order valence-corrected chi connectivity index (χ0v) is 17.2. The van der Waals surface area contributed by atoms with Gasteiger partial charge in [-0.1, -0.05) is 35.9 Å². The molecule has 0 saturated carbocycles. The number of ether oxygens (including phenoxy) is 1. The van der Waals surface area contributed by atoms with E-state index >= 15 is 0 Å². The number of halogens is 1. The van der Waals surface area contributed by atoms with Crippen LogP contribution in [0.2, 0.25) is 5.02 Å². The molecule has 0 aliphatic heterocycles. The summed E-state index contributed by atoms with van der Waals surface area (Å²) in [4.78, 5) is 29.4. The van der Waals surface area contributed by atoms with Gasteiger partial charge in [0.05, 0.1) is 29.9 Å². The first-order valence-corrected chi connectivity index (χ1v) is 10.0. The molecule has 1 amide bonds. The third-order valence-corrected chi connectivity index (χ3v) is 4.87. The van der Waals surface area contributed by atoms with Gasteiger partial charge in [-0.25, -0.2) is 4.68 Å². The van der Waals surface area contributed by atoms with Gasteiger partial charge in [0, 0.05) is 16.6 Å². The first-order valence-electron chi connectivity index (χ1n) is 9.64. The van der Waals surface area contributed by atoms with E-state index in [2.05, 4.69) is 15.4 Å². The highest BCUT2D eigenvalue weighted by Crippen LogP contribution is 2.16. The van der Waals surface area contributed by atoms with E-state index in [9.17, 15) is 9.59 Å². The first-order chi connectivity index (χ1) is 15.1. The van der Waals surface area contributed by atoms with Crippen LogP contribution in [0.15, 0.2) is 77.7 Å². The molecule has 1 N–H and O–H groups in total. The molecule has 4 rings (SSSR count). The predicted molar refractivity (Wildman–Crippen MR) is 118 cm³/mol. The number of fused-ring (bicyclic) bond motifs is 1. The summed E-state index contributed by atoms with van der Waals surface area (Å²) < 4.78 is 6.84. The topological polar surface area (TPSA) is 86.1 Å². The van der Waals surface area contributed by atoms with Crippen LogP contribution in [0, 0.1) is 0 Å². The molecule has 2 aromatic heterocycles. The number of carbonyl (C=O) groups is 1. The molecule has 31 heavy (non-hydrogen) atoms. The number of nitrogens with one attached hydrogen (secondary N) is 1. The van der Waals surface area contributed by atoms with Crippen molar-refractivity contribution in [2.45, 2.75) is 13.1 Å². The monoisotopic (exact) mass is 434 g/mol. The van der Waals surface area contributed by atoms with Crippen LogP contribution >= 0.6 is 11.6 Å². The molecule has 0 aliphatic rings. The lowest BCUT2D eigenvalue weighted by molar-refractivity contribution is -0.123. The molecule has 0 saturated heterocycles. The van der Waals surface area contributed by atoms with Gasteiger partial charge in [0.2, 0.25) is 0 Å². The minimum Gasteiger partial charge on any atom is -0.484 e. The Morgan fingerprint density at radius 1 is 1.00 bits per heavy atom. The van der Waals surface area contributed by atoms with Crippen LogP contribution in [0.5, 0.6) is 5.75 Å². The highest BCUT2D eigenvalue weighted by Gasteiger charge is 2.12. The molecular weight excluding hydrogens is 416 g/mol. The number of aromatic nitrogens is 3. The standard InChI is InChI=1S/C23H19ClN4O3/c24-16-8-10-18(11-9-16)31-15-22(29)26-13-21-19-6-1-2-7-20(19)23(30)28(27-21)14-17-5-3-4-12-25-17/h1-12H,13-15H2,(H,26,29). The van der Waals surface area contributed by atoms with Gasteiger partial charge in [-0.3, -0.25) is 14.6 Å². The number of hydrogen-bond acceptors (Lipinski definition) is 5. The number of amides is 1. The molecule has 7 nitrogen and oxygen atoms in total. The van der Waals surface area contributed by atoms with Crippen LogP contribution < -0.4 is 15.6 Å². The minimum absolute atomic E-state index is 0.146. The molecule has 0 unspecified atom stereocenters. The van der Waals surface area contributed by atoms with E-state index in [0.29, 0.717) is 27.2 Å². The van der Waals surface area contributed by atoms with Crippen molar-refractivity contribution < 1.29 is 9.53 Å². The van der Waals surface area contributed by atoms with E-state index in [1.54, 1.807) is 42.6 Å². The number of carbonyl (C=O) groups excluding carboxylic acids is 1. The largest absolute Gasteiger partial charge is 0.484 e. The molecule has 8 heteroatoms. The van der Waals surface area contributed by atoms with Gasteiger partial charge in [-0.2, -0.15) is 5.10 Å². The van der Waals surface area contributed by atoms with Crippen molar-refractivity contribution in [2.24, 2.45) is 0 Å². The number of nitrogens with zero attached hydrogens (tertiary/aromatic N) is 3. The van der Waals surface area contributed by atoms with Crippen molar-refractivity contribution in [3.8, 4) is 5.75 Å². The SMILES string of the molecule is O=C(COc1ccc(Cl)cc1)NCc1nn(Cc2ccccn2)c(=O)c2ccccc12. The second-order valence-corrected chi connectivity index (χ2v) is 7.23. The van der Waals surface area contributed by atoms with E-state index < -0.39 is 0 Å². The molecule has 0 bridgehead atoms. The normalized spacial score (nSPS) is 10.7. The van der Waals surface area contributed by atoms with Gasteiger partial charge >= 0.3 is 0 Å². The lowest BCUT2D eigenvalue weighted by Gasteiger charge is -2.12. The van der Waals surface area contributed by atoms with Crippen molar-refractivity contribution in [3.05, 3.63) is 99.7 Å². The van der Waals surface area contributed by atoms with Crippen LogP contribution in [0.1, 0.15) is 11.4 Å². The summed E-state index contributed by atoms with van der Waals surface area (Å²) in [6, 6.07) is 19.5. The number of hydrogen-bond donors (Lipinski definition) is 1. The fourth-order valence-electron chi connectivity index (χ4n) is 3.10. The zero-order valence-electron chi connectivity index (χ0n) is 16.5. The van der Waals surface area contributed by atoms with Gasteiger partial charge in [0.1, 0.15) is 5.75 Å². The maximum Gasteiger partial charge on any atom is 0.275 e. The summed E-state index contributed by atoms with van der Waals surface area (Å²) in [5, 5.41) is 9.12. The summed E-state index contributed by atoms with van der Waals surface area (Å²) in [7, 11) is 0. The fourth-order valence-corrected chi connectivity index (χ4v) is 3.23. The van der Waals surface area contributed by atoms with Crippen LogP contribution in [0.25, 0.3) is 10.8 Å². The molecule has 0 fully saturated rings. The van der Waals surface area contributed by atoms with Gasteiger partial charge in [-0.05, 0) is 42.5 Å². The highest BCUT2D eigenvalue weighted by atomic mass is 35.5. The summed E-state index contributed by atoms with van der Waals surface area (Å²) in [6.07, 6.45) is 1.67. The molecule has 2 heterocycles. The fraction of sp³-hybridized carbons (Fsp3) is 0.130. The van der Waals surface area contributed by atoms with E-state index in [1.807, 2.05) is 30.3 Å². The highest BCUT2D eigenvalue weighted by molar-refractivity contribution is 6.30. The van der Waals surface area contributed by atoms with E-state index in [-0.39, 0.29) is 31.2 Å². The van der Waals surface area contributed by atoms with Crippen molar-refractivity contribution in [1.29, 1.82) is 0 Å². The van der Waals surface area contributed by atoms with E-state index in [1.165, 1.54) is 4.68 Å². The van der Waals surface area contributed by atoms with E-state index in [4.69, 9.17) is 16.3 Å². The maximum atomic E-state index is 12.9. The Bertz CT molecular complexity index is 1260. The third-order valence-electron chi connectivity index (χ3n) is 4.62. The Labute approximate surface area is 183 Å². The Morgan fingerprint density at radius 2 is 1.74 bits per heavy atom. The van der Waals surface area contributed by atoms with Gasteiger partial charge in [0.25, 0.3) is 11.5 Å². The van der Waals surface area contributed by atoms with Gasteiger partial charge in [0.15, 0.2) is 6.61 Å². The summed E-state index contributed by atoms with van der Waals surface area (Å²) in [6.45, 7) is 0.254. The first kappa shape index (κ1) is 20.6. The number of pyridine rings is 1. The minimum atomic E-state index is -0.302. The molecular formula is C23H19ClN4O3. The van der Waals surface area contributed by atoms with Crippen LogP contribution in [0.3, 0.4) is 0 Å². The van der Waals surface area contributed by atoms with Crippen molar-refractivity contribution in [1.82, 2.24) is 20.1 Å². The smallest absolute Gasteiger partial charge is 0.275 e. The van der Waals surface area contributed by atoms with Crippen LogP contribution in [-0.4, -0.2) is 27.3 Å². The molecule has 0 atom stereocenters. The molecule has 0 spiro atoms. The molecule has 156 valence electrons. The molecule has 0 aliphatic carbocycles. The average Bonchev–Trinajstić information content (AvgIpc) is 2.80. The Hall–Kier alpha value is -3.71. The lowest BCUT2D eigenvalue weighted by Crippen LogP contribution is -2.31. The van der Waals surface area contributed by atoms with Gasteiger partial charge in [-0.15, -0.1) is 0 Å². The van der Waals surface area contributed by atoms with Crippen molar-refractivity contribution in [2.75, 3.05) is 6.61 Å². The number of rotatable bonds is 7. The molecule has 0 radical (unpaired) electrons. The molecule has 4 aromatic rings. The third kappa shape index (κ3) is 5.07. The predicted octanol–water partition coefficient (Wildman–Crippen LogP) is 3.19.